The van der Waals surface area contributed by atoms with Crippen LogP contribution < -0.4 is 25.4 Å². The molecule has 3 N–H and O–H groups in total. The van der Waals surface area contributed by atoms with E-state index in [2.05, 4.69) is 15.2 Å². The van der Waals surface area contributed by atoms with Gasteiger partial charge in [-0.25, -0.2) is 13.6 Å². The van der Waals surface area contributed by atoms with Crippen LogP contribution in [0.4, 0.5) is 24.4 Å². The first-order valence-electron chi connectivity index (χ1n) is 16.6. The van der Waals surface area contributed by atoms with Crippen molar-refractivity contribution < 1.29 is 27.8 Å². The number of likely N-dealkylation sites (tertiary alicyclic amines) is 2. The molecule has 50 heavy (non-hydrogen) atoms. The van der Waals surface area contributed by atoms with Crippen LogP contribution in [-0.2, 0) is 4.74 Å². The number of aromatic nitrogens is 2. The largest absolute Gasteiger partial charge is 0.489 e. The maximum absolute atomic E-state index is 17.3. The van der Waals surface area contributed by atoms with Crippen LogP contribution in [0, 0.1) is 23.0 Å². The molecule has 0 aliphatic carbocycles. The number of nitrogens with zero attached hydrogens (tertiary/aromatic N) is 6. The molecule has 0 radical (unpaired) electrons. The molecule has 2 amide bonds. The number of nitriles is 1. The number of fused-ring (bicyclic) bond motifs is 1. The number of amides is 2. The Hall–Kier alpha value is -4.23. The fraction of sp³-hybridized carbons (Fsp3) is 0.471. The van der Waals surface area contributed by atoms with Gasteiger partial charge in [-0.3, -0.25) is 4.90 Å². The summed E-state index contributed by atoms with van der Waals surface area (Å²) in [5.74, 6) is -0.848. The third-order valence-electron chi connectivity index (χ3n) is 10.4. The van der Waals surface area contributed by atoms with Crippen molar-refractivity contribution in [3.8, 4) is 29.0 Å². The van der Waals surface area contributed by atoms with E-state index in [1.165, 1.54) is 12.1 Å². The van der Waals surface area contributed by atoms with Gasteiger partial charge in [0.05, 0.1) is 53.0 Å². The average Bonchev–Trinajstić information content (AvgIpc) is 3.58. The van der Waals surface area contributed by atoms with Gasteiger partial charge in [0.2, 0.25) is 0 Å². The van der Waals surface area contributed by atoms with E-state index in [9.17, 15) is 10.1 Å². The third-order valence-corrected chi connectivity index (χ3v) is 11.8. The number of benzene rings is 2. The minimum absolute atomic E-state index is 0.0149. The average molecular weight is 725 g/mol. The number of rotatable bonds is 6. The molecule has 2 aromatic heterocycles. The summed E-state index contributed by atoms with van der Waals surface area (Å²) >= 11 is 7.99. The van der Waals surface area contributed by atoms with Crippen LogP contribution in [0.15, 0.2) is 12.1 Å². The first-order chi connectivity index (χ1) is 24.1. The number of likely N-dealkylation sites (N-methyl/N-ethyl adjacent to an activating group) is 1. The standard InChI is InChI=1S/C34H35ClF2N8O4S/c1-4-40-33(46)44-14-34(15-44)21(13-48-34)45-10-11-47-28-24-27(41-32(42-31(24)45)49-16(2)20-6-5-9-43(20)3)26(37)23(25(28)35)17-7-8-19(36)29-22(17)18(12-38)30(39)50-29/h7-8,16,20-21H,4-6,9-11,13-15,39H2,1-3H3,(H,40,46)/t16-,20-,21?/m0/s1. The van der Waals surface area contributed by atoms with Gasteiger partial charge in [0.1, 0.15) is 46.5 Å². The first kappa shape index (κ1) is 32.9. The van der Waals surface area contributed by atoms with Gasteiger partial charge in [0, 0.05) is 23.5 Å². The number of nitrogens with two attached hydrogens (primary N) is 1. The second-order valence-corrected chi connectivity index (χ2v) is 14.7. The fourth-order valence-corrected chi connectivity index (χ4v) is 9.16. The second-order valence-electron chi connectivity index (χ2n) is 13.3. The number of ether oxygens (including phenoxy) is 3. The summed E-state index contributed by atoms with van der Waals surface area (Å²) < 4.78 is 51.3. The molecule has 4 aromatic rings. The lowest BCUT2D eigenvalue weighted by Gasteiger charge is -2.61. The Morgan fingerprint density at radius 2 is 2.10 bits per heavy atom. The van der Waals surface area contributed by atoms with Crippen molar-refractivity contribution >= 4 is 60.8 Å². The highest BCUT2D eigenvalue weighted by Gasteiger charge is 2.60. The van der Waals surface area contributed by atoms with Gasteiger partial charge in [0.25, 0.3) is 0 Å². The molecule has 4 aliphatic rings. The van der Waals surface area contributed by atoms with E-state index in [1.807, 2.05) is 31.9 Å². The summed E-state index contributed by atoms with van der Waals surface area (Å²) in [6.45, 7) is 6.91. The number of hydrogen-bond acceptors (Lipinski definition) is 11. The lowest BCUT2D eigenvalue weighted by atomic mass is 9.80. The van der Waals surface area contributed by atoms with Crippen LogP contribution in [0.2, 0.25) is 5.02 Å². The molecule has 262 valence electrons. The predicted molar refractivity (Wildman–Crippen MR) is 186 cm³/mol. The summed E-state index contributed by atoms with van der Waals surface area (Å²) in [7, 11) is 2.04. The minimum atomic E-state index is -0.800. The molecular weight excluding hydrogens is 690 g/mol. The Bertz CT molecular complexity index is 2100. The number of carbonyl (C=O) groups excluding carboxylic acids is 1. The summed E-state index contributed by atoms with van der Waals surface area (Å²) in [4.78, 5) is 28.0. The molecular formula is C34H35ClF2N8O4S. The number of thiophene rings is 1. The molecule has 4 aliphatic heterocycles. The van der Waals surface area contributed by atoms with Crippen molar-refractivity contribution in [1.82, 2.24) is 25.1 Å². The number of hydrogen-bond donors (Lipinski definition) is 2. The van der Waals surface area contributed by atoms with Crippen molar-refractivity contribution in [2.45, 2.75) is 50.5 Å². The van der Waals surface area contributed by atoms with E-state index in [1.54, 1.807) is 4.90 Å². The lowest BCUT2D eigenvalue weighted by Crippen LogP contribution is -2.81. The molecule has 3 atom stereocenters. The maximum atomic E-state index is 17.3. The molecule has 12 nitrogen and oxygen atoms in total. The van der Waals surface area contributed by atoms with Crippen LogP contribution in [-0.4, -0.2) is 103 Å². The Balaban J connectivity index is 1.30. The predicted octanol–water partition coefficient (Wildman–Crippen LogP) is 5.14. The Labute approximate surface area is 295 Å². The molecule has 16 heteroatoms. The van der Waals surface area contributed by atoms with Crippen LogP contribution >= 0.6 is 22.9 Å². The third kappa shape index (κ3) is 4.90. The van der Waals surface area contributed by atoms with Crippen molar-refractivity contribution in [1.29, 1.82) is 5.26 Å². The molecule has 8 rings (SSSR count). The molecule has 1 unspecified atom stereocenters. The molecule has 0 bridgehead atoms. The topological polar surface area (TPSA) is 142 Å². The van der Waals surface area contributed by atoms with Crippen LogP contribution in [0.1, 0.15) is 32.3 Å². The van der Waals surface area contributed by atoms with E-state index >= 15 is 8.78 Å². The van der Waals surface area contributed by atoms with Gasteiger partial charge in [-0.1, -0.05) is 17.7 Å². The highest BCUT2D eigenvalue weighted by molar-refractivity contribution is 7.23. The molecule has 3 saturated heterocycles. The fourth-order valence-electron chi connectivity index (χ4n) is 7.88. The zero-order chi connectivity index (χ0) is 35.1. The number of nitrogen functional groups attached to an aromatic ring is 1. The van der Waals surface area contributed by atoms with E-state index in [4.69, 9.17) is 36.5 Å². The molecule has 6 heterocycles. The van der Waals surface area contributed by atoms with Gasteiger partial charge in [-0.15, -0.1) is 11.3 Å². The number of urea groups is 1. The van der Waals surface area contributed by atoms with Crippen molar-refractivity contribution in [3.63, 3.8) is 0 Å². The summed E-state index contributed by atoms with van der Waals surface area (Å²) in [6, 6.07) is 4.37. The number of carbonyl (C=O) groups is 1. The van der Waals surface area contributed by atoms with Gasteiger partial charge in [0.15, 0.2) is 11.6 Å². The number of halogens is 3. The zero-order valence-electron chi connectivity index (χ0n) is 27.7. The number of anilines is 2. The monoisotopic (exact) mass is 724 g/mol. The van der Waals surface area contributed by atoms with E-state index in [0.29, 0.717) is 38.6 Å². The summed E-state index contributed by atoms with van der Waals surface area (Å²) in [6.07, 6.45) is 1.66. The minimum Gasteiger partial charge on any atom is -0.489 e. The molecule has 1 spiro atoms. The van der Waals surface area contributed by atoms with Gasteiger partial charge < -0.3 is 35.1 Å². The van der Waals surface area contributed by atoms with E-state index in [0.717, 1.165) is 30.7 Å². The quantitative estimate of drug-likeness (QED) is 0.275. The van der Waals surface area contributed by atoms with Crippen LogP contribution in [0.5, 0.6) is 11.8 Å². The van der Waals surface area contributed by atoms with Gasteiger partial charge in [-0.2, -0.15) is 15.2 Å². The van der Waals surface area contributed by atoms with Gasteiger partial charge >= 0.3 is 12.0 Å². The summed E-state index contributed by atoms with van der Waals surface area (Å²) in [5.41, 5.74) is 5.51. The Kier molecular flexibility index (Phi) is 8.05. The van der Waals surface area contributed by atoms with Crippen molar-refractivity contribution in [2.75, 3.05) is 63.6 Å². The highest BCUT2D eigenvalue weighted by atomic mass is 35.5. The van der Waals surface area contributed by atoms with Gasteiger partial charge in [-0.05, 0) is 51.9 Å². The summed E-state index contributed by atoms with van der Waals surface area (Å²) in [5, 5.41) is 13.3. The highest BCUT2D eigenvalue weighted by Crippen LogP contribution is 2.52. The van der Waals surface area contributed by atoms with Crippen molar-refractivity contribution in [3.05, 3.63) is 34.4 Å². The normalized spacial score (nSPS) is 21.8. The smallest absolute Gasteiger partial charge is 0.319 e. The maximum Gasteiger partial charge on any atom is 0.319 e. The first-order valence-corrected chi connectivity index (χ1v) is 17.8. The van der Waals surface area contributed by atoms with Crippen LogP contribution in [0.25, 0.3) is 32.1 Å². The van der Waals surface area contributed by atoms with E-state index in [-0.39, 0.29) is 90.3 Å². The number of nitrogens with one attached hydrogen (secondary N) is 1. The molecule has 3 fully saturated rings. The zero-order valence-corrected chi connectivity index (χ0v) is 29.3. The molecule has 0 saturated carbocycles. The van der Waals surface area contributed by atoms with Crippen molar-refractivity contribution in [2.24, 2.45) is 0 Å². The second kappa shape index (κ2) is 12.2. The Morgan fingerprint density at radius 1 is 1.30 bits per heavy atom. The molecule has 2 aromatic carbocycles. The SMILES string of the molecule is CCNC(=O)N1CC2(C1)OCC2N1CCOc2c(Cl)c(-c3ccc(F)c4sc(N)c(C#N)c34)c(F)c3nc(O[C@@H](C)[C@@H]4CCCN4C)nc1c23. The lowest BCUT2D eigenvalue weighted by molar-refractivity contribution is -0.225. The Morgan fingerprint density at radius 3 is 2.78 bits per heavy atom. The van der Waals surface area contributed by atoms with E-state index < -0.39 is 17.2 Å². The van der Waals surface area contributed by atoms with Crippen LogP contribution in [0.3, 0.4) is 0 Å².